The molecule has 0 aliphatic heterocycles. The van der Waals surface area contributed by atoms with E-state index >= 15 is 0 Å². The van der Waals surface area contributed by atoms with Crippen molar-refractivity contribution in [1.82, 2.24) is 10.3 Å². The van der Waals surface area contributed by atoms with Crippen LogP contribution < -0.4 is 15.4 Å². The van der Waals surface area contributed by atoms with E-state index < -0.39 is 0 Å². The molecule has 2 N–H and O–H groups in total. The molecule has 166 valence electrons. The largest absolute Gasteiger partial charge is 0.497 e. The van der Waals surface area contributed by atoms with E-state index in [9.17, 15) is 9.59 Å². The van der Waals surface area contributed by atoms with Gasteiger partial charge < -0.3 is 10.1 Å². The first-order valence-electron chi connectivity index (χ1n) is 10.8. The lowest BCUT2D eigenvalue weighted by molar-refractivity contribution is -0.122. The Morgan fingerprint density at radius 1 is 1.19 bits per heavy atom. The van der Waals surface area contributed by atoms with Gasteiger partial charge in [0.05, 0.1) is 18.7 Å². The summed E-state index contributed by atoms with van der Waals surface area (Å²) in [4.78, 5) is 31.2. The second-order valence-corrected chi connectivity index (χ2v) is 9.07. The third-order valence-electron chi connectivity index (χ3n) is 5.65. The van der Waals surface area contributed by atoms with E-state index in [-0.39, 0.29) is 17.7 Å². The molecule has 0 fully saturated rings. The molecule has 0 saturated carbocycles. The third-order valence-corrected chi connectivity index (χ3v) is 6.70. The van der Waals surface area contributed by atoms with Crippen LogP contribution in [0, 0.1) is 6.92 Å². The van der Waals surface area contributed by atoms with E-state index in [0.29, 0.717) is 17.2 Å². The average molecular weight is 450 g/mol. The molecule has 1 unspecified atom stereocenters. The number of thiazole rings is 1. The molecule has 2 aromatic carbocycles. The molecular weight excluding hydrogens is 422 g/mol. The van der Waals surface area contributed by atoms with Crippen molar-refractivity contribution in [3.63, 3.8) is 0 Å². The highest BCUT2D eigenvalue weighted by Gasteiger charge is 2.30. The van der Waals surface area contributed by atoms with Gasteiger partial charge >= 0.3 is 0 Å². The first kappa shape index (κ1) is 22.0. The normalized spacial score (nSPS) is 15.0. The molecule has 0 bridgehead atoms. The predicted molar refractivity (Wildman–Crippen MR) is 127 cm³/mol. The number of ether oxygens (including phenoxy) is 1. The van der Waals surface area contributed by atoms with Gasteiger partial charge in [-0.15, -0.1) is 11.3 Å². The maximum atomic E-state index is 12.9. The van der Waals surface area contributed by atoms with Crippen LogP contribution in [-0.2, 0) is 17.6 Å². The van der Waals surface area contributed by atoms with Crippen LogP contribution >= 0.6 is 11.3 Å². The van der Waals surface area contributed by atoms with Gasteiger partial charge in [-0.3, -0.25) is 14.9 Å². The van der Waals surface area contributed by atoms with Crippen molar-refractivity contribution in [2.75, 3.05) is 19.0 Å². The van der Waals surface area contributed by atoms with E-state index in [2.05, 4.69) is 15.6 Å². The molecular formula is C25H27N3O3S. The topological polar surface area (TPSA) is 80.3 Å². The number of nitrogens with one attached hydrogen (secondary N) is 2. The van der Waals surface area contributed by atoms with Crippen molar-refractivity contribution < 1.29 is 14.3 Å². The second-order valence-electron chi connectivity index (χ2n) is 7.98. The highest BCUT2D eigenvalue weighted by Crippen LogP contribution is 2.37. The Morgan fingerprint density at radius 2 is 2.00 bits per heavy atom. The van der Waals surface area contributed by atoms with Crippen LogP contribution in [0.2, 0.25) is 0 Å². The van der Waals surface area contributed by atoms with E-state index in [1.807, 2.05) is 43.3 Å². The number of carbonyl (C=O) groups excluding carboxylic acids is 2. The minimum absolute atomic E-state index is 0.00411. The van der Waals surface area contributed by atoms with Gasteiger partial charge in [-0.2, -0.15) is 0 Å². The number of methoxy groups -OCH3 is 1. The smallest absolute Gasteiger partial charge is 0.257 e. The zero-order chi connectivity index (χ0) is 22.5. The Balaban J connectivity index is 1.38. The summed E-state index contributed by atoms with van der Waals surface area (Å²) in [5.74, 6) is 0.352. The first-order valence-corrected chi connectivity index (χ1v) is 11.6. The average Bonchev–Trinajstić information content (AvgIpc) is 3.22. The fourth-order valence-corrected chi connectivity index (χ4v) is 4.94. The Bertz CT molecular complexity index is 1110. The van der Waals surface area contributed by atoms with Gasteiger partial charge in [0.25, 0.3) is 5.91 Å². The molecule has 1 atom stereocenters. The maximum Gasteiger partial charge on any atom is 0.257 e. The highest BCUT2D eigenvalue weighted by molar-refractivity contribution is 7.16. The van der Waals surface area contributed by atoms with Crippen LogP contribution in [0.5, 0.6) is 5.75 Å². The summed E-state index contributed by atoms with van der Waals surface area (Å²) in [6.45, 7) is 2.54. The Kier molecular flexibility index (Phi) is 6.85. The quantitative estimate of drug-likeness (QED) is 0.557. The third kappa shape index (κ3) is 5.16. The number of hydrogen-bond donors (Lipinski definition) is 2. The predicted octanol–water partition coefficient (Wildman–Crippen LogP) is 4.49. The Morgan fingerprint density at radius 3 is 2.78 bits per heavy atom. The minimum atomic E-state index is -0.273. The fourth-order valence-electron chi connectivity index (χ4n) is 3.88. The molecule has 0 spiro atoms. The fraction of sp³-hybridized carbons (Fsp3) is 0.320. The Labute approximate surface area is 192 Å². The number of hydrogen-bond acceptors (Lipinski definition) is 5. The Hall–Kier alpha value is -3.19. The number of carbonyl (C=O) groups is 2. The molecule has 1 aromatic heterocycles. The number of aromatic nitrogens is 1. The van der Waals surface area contributed by atoms with Crippen molar-refractivity contribution in [1.29, 1.82) is 0 Å². The summed E-state index contributed by atoms with van der Waals surface area (Å²) in [6.07, 6.45) is 3.33. The van der Waals surface area contributed by atoms with Crippen molar-refractivity contribution >= 4 is 28.3 Å². The standard InChI is InChI=1S/C25H27N3O3S/c1-16-9-11-18(12-10-16)23(29)28-25-27-22-20(7-4-8-21(22)32-25)24(30)26-14-13-17-5-3-6-19(15-17)31-2/h3,5-6,9-12,15,20H,4,7-8,13-14H2,1-2H3,(H,26,30)(H,27,28,29). The lowest BCUT2D eigenvalue weighted by Gasteiger charge is -2.20. The maximum absolute atomic E-state index is 12.9. The molecule has 2 amide bonds. The molecule has 7 heteroatoms. The highest BCUT2D eigenvalue weighted by atomic mass is 32.1. The van der Waals surface area contributed by atoms with Crippen LogP contribution in [0.1, 0.15) is 50.8 Å². The number of amides is 2. The molecule has 1 aliphatic rings. The summed E-state index contributed by atoms with van der Waals surface area (Å²) in [6, 6.07) is 15.3. The number of anilines is 1. The second kappa shape index (κ2) is 9.96. The van der Waals surface area contributed by atoms with Crippen LogP contribution in [0.25, 0.3) is 0 Å². The summed E-state index contributed by atoms with van der Waals surface area (Å²) in [7, 11) is 1.65. The van der Waals surface area contributed by atoms with Crippen molar-refractivity contribution in [3.8, 4) is 5.75 Å². The molecule has 1 heterocycles. The summed E-state index contributed by atoms with van der Waals surface area (Å²) < 4.78 is 5.26. The summed E-state index contributed by atoms with van der Waals surface area (Å²) >= 11 is 1.47. The van der Waals surface area contributed by atoms with Crippen LogP contribution in [0.3, 0.4) is 0 Å². The van der Waals surface area contributed by atoms with E-state index in [1.54, 1.807) is 19.2 Å². The van der Waals surface area contributed by atoms with Gasteiger partial charge in [-0.25, -0.2) is 4.98 Å². The summed E-state index contributed by atoms with van der Waals surface area (Å²) in [5.41, 5.74) is 3.62. The number of nitrogens with zero attached hydrogens (tertiary/aromatic N) is 1. The molecule has 0 saturated heterocycles. The van der Waals surface area contributed by atoms with Gasteiger partial charge in [-0.1, -0.05) is 29.8 Å². The number of fused-ring (bicyclic) bond motifs is 1. The van der Waals surface area contributed by atoms with Gasteiger partial charge in [0.15, 0.2) is 5.13 Å². The van der Waals surface area contributed by atoms with Crippen LogP contribution in [-0.4, -0.2) is 30.5 Å². The van der Waals surface area contributed by atoms with Crippen molar-refractivity contribution in [2.24, 2.45) is 0 Å². The lowest BCUT2D eigenvalue weighted by Crippen LogP contribution is -2.32. The molecule has 3 aromatic rings. The first-order chi connectivity index (χ1) is 15.5. The van der Waals surface area contributed by atoms with E-state index in [4.69, 9.17) is 4.74 Å². The van der Waals surface area contributed by atoms with Crippen molar-refractivity contribution in [2.45, 2.75) is 38.5 Å². The molecule has 4 rings (SSSR count). The number of benzene rings is 2. The number of aryl methyl sites for hydroxylation is 2. The van der Waals surface area contributed by atoms with Crippen LogP contribution in [0.4, 0.5) is 5.13 Å². The van der Waals surface area contributed by atoms with Gasteiger partial charge in [0, 0.05) is 17.0 Å². The number of rotatable bonds is 7. The van der Waals surface area contributed by atoms with Gasteiger partial charge in [0.2, 0.25) is 5.91 Å². The van der Waals surface area contributed by atoms with Gasteiger partial charge in [0.1, 0.15) is 5.75 Å². The van der Waals surface area contributed by atoms with Crippen molar-refractivity contribution in [3.05, 3.63) is 75.8 Å². The SMILES string of the molecule is COc1cccc(CCNC(=O)C2CCCc3sc(NC(=O)c4ccc(C)cc4)nc32)c1. The zero-order valence-electron chi connectivity index (χ0n) is 18.3. The minimum Gasteiger partial charge on any atom is -0.497 e. The molecule has 0 radical (unpaired) electrons. The zero-order valence-corrected chi connectivity index (χ0v) is 19.1. The molecule has 6 nitrogen and oxygen atoms in total. The van der Waals surface area contributed by atoms with Gasteiger partial charge in [-0.05, 0) is 62.4 Å². The molecule has 32 heavy (non-hydrogen) atoms. The van der Waals surface area contributed by atoms with Crippen LogP contribution in [0.15, 0.2) is 48.5 Å². The molecule has 1 aliphatic carbocycles. The summed E-state index contributed by atoms with van der Waals surface area (Å²) in [5, 5.41) is 6.51. The lowest BCUT2D eigenvalue weighted by atomic mass is 9.90. The van der Waals surface area contributed by atoms with E-state index in [0.717, 1.165) is 53.1 Å². The monoisotopic (exact) mass is 449 g/mol. The van der Waals surface area contributed by atoms with E-state index in [1.165, 1.54) is 11.3 Å².